The van der Waals surface area contributed by atoms with Crippen molar-refractivity contribution in [2.45, 2.75) is 19.4 Å². The summed E-state index contributed by atoms with van der Waals surface area (Å²) < 4.78 is 32.2. The quantitative estimate of drug-likeness (QED) is 0.941. The zero-order valence-corrected chi connectivity index (χ0v) is 11.7. The average Bonchev–Trinajstić information content (AvgIpc) is 2.98. The Kier molecular flexibility index (Phi) is 3.46. The van der Waals surface area contributed by atoms with E-state index in [0.29, 0.717) is 17.1 Å². The van der Waals surface area contributed by atoms with E-state index in [2.05, 4.69) is 4.72 Å². The number of hydrogen-bond donors (Lipinski definition) is 1. The van der Waals surface area contributed by atoms with Crippen LogP contribution >= 0.6 is 0 Å². The second kappa shape index (κ2) is 5.26. The average molecular weight is 289 g/mol. The van der Waals surface area contributed by atoms with Gasteiger partial charge in [-0.3, -0.25) is 0 Å². The van der Waals surface area contributed by atoms with E-state index in [4.69, 9.17) is 4.42 Å². The van der Waals surface area contributed by atoms with Gasteiger partial charge in [0, 0.05) is 0 Å². The third-order valence-corrected chi connectivity index (χ3v) is 4.91. The predicted octanol–water partition coefficient (Wildman–Crippen LogP) is 2.69. The van der Waals surface area contributed by atoms with E-state index in [1.807, 2.05) is 24.3 Å². The molecule has 1 aromatic heterocycles. The third-order valence-electron chi connectivity index (χ3n) is 3.37. The number of furan rings is 1. The molecule has 0 spiro atoms. The van der Waals surface area contributed by atoms with Crippen LogP contribution in [-0.2, 0) is 23.0 Å². The molecule has 1 heterocycles. The lowest BCUT2D eigenvalue weighted by Gasteiger charge is -2.16. The second-order valence-electron chi connectivity index (χ2n) is 4.71. The lowest BCUT2D eigenvalue weighted by Crippen LogP contribution is -2.25. The minimum Gasteiger partial charge on any atom is -0.468 e. The molecule has 0 fully saturated rings. The van der Waals surface area contributed by atoms with Gasteiger partial charge in [0.1, 0.15) is 5.76 Å². The summed E-state index contributed by atoms with van der Waals surface area (Å²) in [5.41, 5.74) is 2.18. The first-order valence-corrected chi connectivity index (χ1v) is 7.94. The SMILES string of the molecule is O=S(=O)(NCc1ccco1)C1=Cc2ccccc2CC1. The lowest BCUT2D eigenvalue weighted by molar-refractivity contribution is 0.499. The van der Waals surface area contributed by atoms with Gasteiger partial charge in [-0.15, -0.1) is 0 Å². The van der Waals surface area contributed by atoms with Gasteiger partial charge >= 0.3 is 0 Å². The summed E-state index contributed by atoms with van der Waals surface area (Å²) in [6.07, 6.45) is 4.57. The number of fused-ring (bicyclic) bond motifs is 1. The van der Waals surface area contributed by atoms with E-state index < -0.39 is 10.0 Å². The normalized spacial score (nSPS) is 14.7. The number of aryl methyl sites for hydroxylation is 1. The van der Waals surface area contributed by atoms with Crippen LogP contribution in [0.1, 0.15) is 23.3 Å². The molecule has 0 aliphatic heterocycles. The standard InChI is InChI=1S/C15H15NO3S/c17-20(18,16-11-14-6-3-9-19-14)15-8-7-12-4-1-2-5-13(12)10-15/h1-6,9-10,16H,7-8,11H2. The van der Waals surface area contributed by atoms with E-state index in [0.717, 1.165) is 12.0 Å². The van der Waals surface area contributed by atoms with Crippen LogP contribution in [0, 0.1) is 0 Å². The molecule has 1 aliphatic rings. The van der Waals surface area contributed by atoms with Gasteiger partial charge in [0.05, 0.1) is 17.7 Å². The van der Waals surface area contributed by atoms with Gasteiger partial charge in [0.25, 0.3) is 0 Å². The fourth-order valence-corrected chi connectivity index (χ4v) is 3.46. The molecule has 0 unspecified atom stereocenters. The molecular formula is C15H15NO3S. The van der Waals surface area contributed by atoms with Crippen LogP contribution in [0.2, 0.25) is 0 Å². The molecule has 5 heteroatoms. The molecule has 1 aliphatic carbocycles. The van der Waals surface area contributed by atoms with Crippen LogP contribution in [0.3, 0.4) is 0 Å². The summed E-state index contributed by atoms with van der Waals surface area (Å²) in [5, 5.41) is 0. The summed E-state index contributed by atoms with van der Waals surface area (Å²) in [6, 6.07) is 11.3. The Morgan fingerprint density at radius 3 is 2.75 bits per heavy atom. The highest BCUT2D eigenvalue weighted by atomic mass is 32.2. The van der Waals surface area contributed by atoms with E-state index in [9.17, 15) is 8.42 Å². The van der Waals surface area contributed by atoms with Crippen molar-refractivity contribution in [2.75, 3.05) is 0 Å². The van der Waals surface area contributed by atoms with Crippen LogP contribution in [-0.4, -0.2) is 8.42 Å². The molecule has 1 aromatic carbocycles. The van der Waals surface area contributed by atoms with Gasteiger partial charge < -0.3 is 4.42 Å². The van der Waals surface area contributed by atoms with Crippen molar-refractivity contribution in [3.63, 3.8) is 0 Å². The minimum atomic E-state index is -3.45. The van der Waals surface area contributed by atoms with Crippen molar-refractivity contribution in [3.05, 3.63) is 64.5 Å². The largest absolute Gasteiger partial charge is 0.468 e. The maximum absolute atomic E-state index is 12.3. The molecule has 0 radical (unpaired) electrons. The Bertz CT molecular complexity index is 730. The van der Waals surface area contributed by atoms with Crippen LogP contribution < -0.4 is 4.72 Å². The van der Waals surface area contributed by atoms with Gasteiger partial charge in [-0.25, -0.2) is 13.1 Å². The molecule has 0 saturated heterocycles. The first kappa shape index (κ1) is 13.1. The number of sulfonamides is 1. The van der Waals surface area contributed by atoms with E-state index in [1.165, 1.54) is 11.8 Å². The highest BCUT2D eigenvalue weighted by Gasteiger charge is 2.21. The van der Waals surface area contributed by atoms with Crippen molar-refractivity contribution >= 4 is 16.1 Å². The molecule has 4 nitrogen and oxygen atoms in total. The predicted molar refractivity (Wildman–Crippen MR) is 77.2 cm³/mol. The molecular weight excluding hydrogens is 274 g/mol. The Hall–Kier alpha value is -1.85. The van der Waals surface area contributed by atoms with Crippen molar-refractivity contribution < 1.29 is 12.8 Å². The highest BCUT2D eigenvalue weighted by molar-refractivity contribution is 7.93. The number of benzene rings is 1. The lowest BCUT2D eigenvalue weighted by atomic mass is 9.98. The van der Waals surface area contributed by atoms with E-state index in [1.54, 1.807) is 18.2 Å². The van der Waals surface area contributed by atoms with Crippen LogP contribution in [0.5, 0.6) is 0 Å². The molecule has 0 amide bonds. The fraction of sp³-hybridized carbons (Fsp3) is 0.200. The Morgan fingerprint density at radius 1 is 1.10 bits per heavy atom. The summed E-state index contributed by atoms with van der Waals surface area (Å²) in [6.45, 7) is 0.175. The van der Waals surface area contributed by atoms with Gasteiger partial charge in [0.2, 0.25) is 10.0 Å². The summed E-state index contributed by atoms with van der Waals surface area (Å²) >= 11 is 0. The van der Waals surface area contributed by atoms with Crippen LogP contribution in [0.15, 0.2) is 52.0 Å². The Morgan fingerprint density at radius 2 is 1.95 bits per heavy atom. The van der Waals surface area contributed by atoms with Crippen molar-refractivity contribution in [3.8, 4) is 0 Å². The monoisotopic (exact) mass is 289 g/mol. The first-order valence-electron chi connectivity index (χ1n) is 6.46. The molecule has 104 valence electrons. The maximum atomic E-state index is 12.3. The molecule has 2 aromatic rings. The van der Waals surface area contributed by atoms with Gasteiger partial charge in [-0.2, -0.15) is 0 Å². The van der Waals surface area contributed by atoms with Crippen molar-refractivity contribution in [1.29, 1.82) is 0 Å². The summed E-state index contributed by atoms with van der Waals surface area (Å²) in [4.78, 5) is 0.433. The number of nitrogens with one attached hydrogen (secondary N) is 1. The number of allylic oxidation sites excluding steroid dienone is 1. The van der Waals surface area contributed by atoms with Crippen LogP contribution in [0.25, 0.3) is 6.08 Å². The van der Waals surface area contributed by atoms with E-state index in [-0.39, 0.29) is 6.54 Å². The molecule has 0 atom stereocenters. The van der Waals surface area contributed by atoms with Gasteiger partial charge in [0.15, 0.2) is 0 Å². The highest BCUT2D eigenvalue weighted by Crippen LogP contribution is 2.26. The van der Waals surface area contributed by atoms with Crippen molar-refractivity contribution in [1.82, 2.24) is 4.72 Å². The van der Waals surface area contributed by atoms with Gasteiger partial charge in [-0.1, -0.05) is 24.3 Å². The third kappa shape index (κ3) is 2.69. The van der Waals surface area contributed by atoms with Gasteiger partial charge in [-0.05, 0) is 42.2 Å². The second-order valence-corrected chi connectivity index (χ2v) is 6.53. The zero-order valence-electron chi connectivity index (χ0n) is 10.9. The molecule has 0 saturated carbocycles. The zero-order chi connectivity index (χ0) is 14.0. The smallest absolute Gasteiger partial charge is 0.237 e. The maximum Gasteiger partial charge on any atom is 0.237 e. The first-order chi connectivity index (χ1) is 9.65. The summed E-state index contributed by atoms with van der Waals surface area (Å²) in [5.74, 6) is 0.602. The fourth-order valence-electron chi connectivity index (χ4n) is 2.29. The van der Waals surface area contributed by atoms with Crippen LogP contribution in [0.4, 0.5) is 0 Å². The molecule has 20 heavy (non-hydrogen) atoms. The molecule has 1 N–H and O–H groups in total. The molecule has 0 bridgehead atoms. The number of hydrogen-bond acceptors (Lipinski definition) is 3. The number of rotatable bonds is 4. The summed E-state index contributed by atoms with van der Waals surface area (Å²) in [7, 11) is -3.45. The topological polar surface area (TPSA) is 59.3 Å². The Balaban J connectivity index is 1.80. The minimum absolute atomic E-state index is 0.175. The van der Waals surface area contributed by atoms with Crippen molar-refractivity contribution in [2.24, 2.45) is 0 Å². The van der Waals surface area contributed by atoms with E-state index >= 15 is 0 Å². The molecule has 3 rings (SSSR count). The Labute approximate surface area is 118 Å².